The number of carbonyl (C=O) groups excluding carboxylic acids is 1. The zero-order valence-corrected chi connectivity index (χ0v) is 18.3. The summed E-state index contributed by atoms with van der Waals surface area (Å²) in [6, 6.07) is 11.0. The third-order valence-corrected chi connectivity index (χ3v) is 5.78. The average Bonchev–Trinajstić information content (AvgIpc) is 2.73. The van der Waals surface area contributed by atoms with E-state index in [1.807, 2.05) is 31.2 Å². The maximum Gasteiger partial charge on any atom is 0.240 e. The second-order valence-electron chi connectivity index (χ2n) is 6.38. The first-order valence-corrected chi connectivity index (χ1v) is 10.2. The van der Waals surface area contributed by atoms with E-state index in [4.69, 9.17) is 45.3 Å². The minimum Gasteiger partial charge on any atom is -0.485 e. The minimum absolute atomic E-state index is 0.0723. The molecule has 0 aliphatic rings. The van der Waals surface area contributed by atoms with Gasteiger partial charge in [0.2, 0.25) is 5.91 Å². The molecule has 0 bridgehead atoms. The topological polar surface area (TPSA) is 68.5 Å². The first-order chi connectivity index (χ1) is 13.9. The highest BCUT2D eigenvalue weighted by Crippen LogP contribution is 2.38. The summed E-state index contributed by atoms with van der Waals surface area (Å²) in [5.41, 5.74) is 8.05. The highest BCUT2D eigenvalue weighted by atomic mass is 35.5. The highest BCUT2D eigenvalue weighted by molar-refractivity contribution is 6.38. The number of fused-ring (bicyclic) bond motifs is 1. The number of aryl methyl sites for hydroxylation is 1. The minimum atomic E-state index is -0.267. The Kier molecular flexibility index (Phi) is 6.85. The molecule has 0 unspecified atom stereocenters. The highest BCUT2D eigenvalue weighted by Gasteiger charge is 2.19. The van der Waals surface area contributed by atoms with E-state index in [2.05, 4.69) is 4.98 Å². The van der Waals surface area contributed by atoms with Gasteiger partial charge in [-0.15, -0.1) is 0 Å². The first-order valence-electron chi connectivity index (χ1n) is 9.02. The number of hydrogen-bond acceptors (Lipinski definition) is 4. The standard InChI is InChI=1S/C21H20Cl3N3O2/c1-3-15-21(20(24)12-6-4-5-7-16(12)26-15)29-11-13-14(22)8-9-17(19(13)23)27(2)18(28)10-25/h4-9H,3,10-11,25H2,1-2H3. The third kappa shape index (κ3) is 4.28. The number of nitrogens with two attached hydrogens (primary N) is 1. The fourth-order valence-electron chi connectivity index (χ4n) is 2.98. The number of aromatic nitrogens is 1. The van der Waals surface area contributed by atoms with Crippen LogP contribution in [0.3, 0.4) is 0 Å². The summed E-state index contributed by atoms with van der Waals surface area (Å²) in [5.74, 6) is 0.230. The van der Waals surface area contributed by atoms with Crippen LogP contribution in [0.15, 0.2) is 36.4 Å². The number of hydrogen-bond donors (Lipinski definition) is 1. The molecule has 29 heavy (non-hydrogen) atoms. The molecule has 0 aliphatic carbocycles. The molecular weight excluding hydrogens is 433 g/mol. The van der Waals surface area contributed by atoms with Crippen molar-refractivity contribution >= 4 is 57.3 Å². The van der Waals surface area contributed by atoms with Gasteiger partial charge in [-0.25, -0.2) is 4.98 Å². The maximum absolute atomic E-state index is 11.9. The first kappa shape index (κ1) is 21.7. The van der Waals surface area contributed by atoms with Crippen LogP contribution in [0.2, 0.25) is 15.1 Å². The van der Waals surface area contributed by atoms with Gasteiger partial charge in [-0.2, -0.15) is 0 Å². The lowest BCUT2D eigenvalue weighted by Gasteiger charge is -2.21. The van der Waals surface area contributed by atoms with E-state index in [1.54, 1.807) is 19.2 Å². The van der Waals surface area contributed by atoms with E-state index in [0.717, 1.165) is 16.6 Å². The van der Waals surface area contributed by atoms with Crippen LogP contribution in [0.25, 0.3) is 10.9 Å². The van der Waals surface area contributed by atoms with Gasteiger partial charge in [0.25, 0.3) is 0 Å². The van der Waals surface area contributed by atoms with Crippen LogP contribution in [0.1, 0.15) is 18.2 Å². The molecule has 0 saturated heterocycles. The van der Waals surface area contributed by atoms with E-state index in [9.17, 15) is 4.79 Å². The van der Waals surface area contributed by atoms with Crippen LogP contribution in [0.4, 0.5) is 5.69 Å². The number of benzene rings is 2. The monoisotopic (exact) mass is 451 g/mol. The van der Waals surface area contributed by atoms with E-state index >= 15 is 0 Å². The Morgan fingerprint density at radius 2 is 1.86 bits per heavy atom. The van der Waals surface area contributed by atoms with Crippen molar-refractivity contribution in [3.63, 3.8) is 0 Å². The van der Waals surface area contributed by atoms with Crippen LogP contribution in [0, 0.1) is 0 Å². The Labute approximate surface area is 184 Å². The molecule has 3 rings (SSSR count). The number of para-hydroxylation sites is 1. The summed E-state index contributed by atoms with van der Waals surface area (Å²) < 4.78 is 6.04. The Bertz CT molecular complexity index is 1070. The molecule has 1 aromatic heterocycles. The Morgan fingerprint density at radius 3 is 2.55 bits per heavy atom. The SMILES string of the molecule is CCc1nc2ccccc2c(Cl)c1OCc1c(Cl)ccc(N(C)C(=O)CN)c1Cl. The maximum atomic E-state index is 11.9. The number of pyridine rings is 1. The molecule has 0 saturated carbocycles. The van der Waals surface area contributed by atoms with Crippen LogP contribution in [-0.2, 0) is 17.8 Å². The number of nitrogens with zero attached hydrogens (tertiary/aromatic N) is 2. The number of ether oxygens (including phenoxy) is 1. The van der Waals surface area contributed by atoms with Crippen molar-refractivity contribution < 1.29 is 9.53 Å². The molecule has 5 nitrogen and oxygen atoms in total. The number of anilines is 1. The van der Waals surface area contributed by atoms with E-state index in [1.165, 1.54) is 4.90 Å². The van der Waals surface area contributed by atoms with Crippen molar-refractivity contribution in [2.24, 2.45) is 5.73 Å². The van der Waals surface area contributed by atoms with Crippen molar-refractivity contribution in [1.29, 1.82) is 0 Å². The van der Waals surface area contributed by atoms with Crippen molar-refractivity contribution in [2.45, 2.75) is 20.0 Å². The predicted octanol–water partition coefficient (Wildman–Crippen LogP) is 5.26. The molecule has 8 heteroatoms. The lowest BCUT2D eigenvalue weighted by molar-refractivity contribution is -0.117. The van der Waals surface area contributed by atoms with Gasteiger partial charge in [0, 0.05) is 23.0 Å². The Morgan fingerprint density at radius 1 is 1.14 bits per heavy atom. The fourth-order valence-corrected chi connectivity index (χ4v) is 3.91. The summed E-state index contributed by atoms with van der Waals surface area (Å²) in [6.45, 7) is 1.93. The molecular formula is C21H20Cl3N3O2. The van der Waals surface area contributed by atoms with Gasteiger partial charge in [-0.05, 0) is 24.6 Å². The van der Waals surface area contributed by atoms with E-state index in [-0.39, 0.29) is 19.1 Å². The summed E-state index contributed by atoms with van der Waals surface area (Å²) in [5, 5.41) is 2.05. The van der Waals surface area contributed by atoms with Gasteiger partial charge in [-0.3, -0.25) is 4.79 Å². The molecule has 0 aliphatic heterocycles. The molecule has 3 aromatic rings. The molecule has 2 aromatic carbocycles. The molecule has 1 amide bonds. The number of carbonyl (C=O) groups is 1. The van der Waals surface area contributed by atoms with Gasteiger partial charge in [0.1, 0.15) is 6.61 Å². The third-order valence-electron chi connectivity index (χ3n) is 4.63. The van der Waals surface area contributed by atoms with Crippen molar-refractivity contribution in [1.82, 2.24) is 4.98 Å². The quantitative estimate of drug-likeness (QED) is 0.554. The average molecular weight is 453 g/mol. The van der Waals surface area contributed by atoms with Crippen molar-refractivity contribution in [3.8, 4) is 5.75 Å². The molecule has 0 atom stereocenters. The number of likely N-dealkylation sites (N-methyl/N-ethyl adjacent to an activating group) is 1. The Balaban J connectivity index is 1.98. The van der Waals surface area contributed by atoms with Crippen LogP contribution < -0.4 is 15.4 Å². The second-order valence-corrected chi connectivity index (χ2v) is 7.54. The summed E-state index contributed by atoms with van der Waals surface area (Å²) >= 11 is 19.5. The molecule has 0 radical (unpaired) electrons. The smallest absolute Gasteiger partial charge is 0.240 e. The van der Waals surface area contributed by atoms with Crippen molar-refractivity contribution in [2.75, 3.05) is 18.5 Å². The number of amides is 1. The van der Waals surface area contributed by atoms with Crippen LogP contribution in [0.5, 0.6) is 5.75 Å². The zero-order valence-electron chi connectivity index (χ0n) is 16.0. The Hall–Kier alpha value is -2.05. The molecule has 1 heterocycles. The summed E-state index contributed by atoms with van der Waals surface area (Å²) in [4.78, 5) is 18.0. The second kappa shape index (κ2) is 9.18. The van der Waals surface area contributed by atoms with Gasteiger partial charge >= 0.3 is 0 Å². The van der Waals surface area contributed by atoms with Gasteiger partial charge in [0.15, 0.2) is 5.75 Å². The lowest BCUT2D eigenvalue weighted by atomic mass is 10.1. The molecule has 0 spiro atoms. The lowest BCUT2D eigenvalue weighted by Crippen LogP contribution is -2.32. The molecule has 0 fully saturated rings. The number of rotatable bonds is 6. The summed E-state index contributed by atoms with van der Waals surface area (Å²) in [7, 11) is 1.61. The fraction of sp³-hybridized carbons (Fsp3) is 0.238. The van der Waals surface area contributed by atoms with Gasteiger partial charge in [0.05, 0.1) is 33.5 Å². The summed E-state index contributed by atoms with van der Waals surface area (Å²) in [6.07, 6.45) is 0.648. The number of halogens is 3. The van der Waals surface area contributed by atoms with Crippen molar-refractivity contribution in [3.05, 3.63) is 62.7 Å². The largest absolute Gasteiger partial charge is 0.485 e. The van der Waals surface area contributed by atoms with E-state index < -0.39 is 0 Å². The molecule has 152 valence electrons. The zero-order chi connectivity index (χ0) is 21.1. The normalized spacial score (nSPS) is 11.0. The van der Waals surface area contributed by atoms with Crippen LogP contribution >= 0.6 is 34.8 Å². The van der Waals surface area contributed by atoms with Gasteiger partial charge < -0.3 is 15.4 Å². The molecule has 2 N–H and O–H groups in total. The van der Waals surface area contributed by atoms with Gasteiger partial charge in [-0.1, -0.05) is 59.9 Å². The predicted molar refractivity (Wildman–Crippen MR) is 119 cm³/mol. The van der Waals surface area contributed by atoms with E-state index in [0.29, 0.717) is 38.5 Å². The van der Waals surface area contributed by atoms with Crippen LogP contribution in [-0.4, -0.2) is 24.5 Å².